The van der Waals surface area contributed by atoms with Crippen molar-refractivity contribution >= 4 is 23.3 Å². The Bertz CT molecular complexity index is 187. The highest BCUT2D eigenvalue weighted by Crippen LogP contribution is 2.22. The first kappa shape index (κ1) is 7.05. The maximum atomic E-state index is 5.30. The minimum Gasteiger partial charge on any atom is -0.272 e. The Morgan fingerprint density at radius 2 is 2.22 bits per heavy atom. The van der Waals surface area contributed by atoms with E-state index in [1.54, 1.807) is 11.3 Å². The second-order valence-corrected chi connectivity index (χ2v) is 3.82. The van der Waals surface area contributed by atoms with Gasteiger partial charge in [0.25, 0.3) is 0 Å². The predicted molar refractivity (Wildman–Crippen MR) is 41.6 cm³/mol. The van der Waals surface area contributed by atoms with Crippen molar-refractivity contribution in [2.24, 2.45) is 5.14 Å². The molecular formula is C5H8N2S2. The number of hydrogen-bond donors (Lipinski definition) is 1. The second-order valence-electron chi connectivity index (χ2n) is 1.74. The molecule has 0 saturated heterocycles. The first-order valence-electron chi connectivity index (χ1n) is 2.55. The van der Waals surface area contributed by atoms with Crippen LogP contribution in [0.5, 0.6) is 0 Å². The topological polar surface area (TPSA) is 38.9 Å². The Labute approximate surface area is 62.6 Å². The number of nitrogens with zero attached hydrogens (tertiary/aromatic N) is 1. The van der Waals surface area contributed by atoms with Gasteiger partial charge in [-0.2, -0.15) is 0 Å². The molecule has 4 heteroatoms. The van der Waals surface area contributed by atoms with Crippen LogP contribution in [0.15, 0.2) is 4.34 Å². The van der Waals surface area contributed by atoms with Gasteiger partial charge >= 0.3 is 0 Å². The highest BCUT2D eigenvalue weighted by atomic mass is 32.2. The van der Waals surface area contributed by atoms with Gasteiger partial charge in [-0.15, -0.1) is 11.3 Å². The summed E-state index contributed by atoms with van der Waals surface area (Å²) < 4.78 is 0.949. The average molecular weight is 160 g/mol. The van der Waals surface area contributed by atoms with Crippen molar-refractivity contribution < 1.29 is 0 Å². The fourth-order valence-electron chi connectivity index (χ4n) is 0.494. The number of nitrogens with two attached hydrogens (primary N) is 1. The number of thiazole rings is 1. The van der Waals surface area contributed by atoms with Crippen LogP contribution in [-0.2, 0) is 0 Å². The zero-order valence-electron chi connectivity index (χ0n) is 5.34. The summed E-state index contributed by atoms with van der Waals surface area (Å²) in [5.41, 5.74) is 1.09. The van der Waals surface area contributed by atoms with Crippen LogP contribution < -0.4 is 5.14 Å². The summed E-state index contributed by atoms with van der Waals surface area (Å²) in [6.07, 6.45) is 0. The van der Waals surface area contributed by atoms with E-state index in [-0.39, 0.29) is 0 Å². The van der Waals surface area contributed by atoms with Crippen LogP contribution in [0.3, 0.4) is 0 Å². The Morgan fingerprint density at radius 1 is 1.56 bits per heavy atom. The van der Waals surface area contributed by atoms with E-state index in [0.29, 0.717) is 0 Å². The molecule has 0 atom stereocenters. The Balaban J connectivity index is 2.98. The maximum absolute atomic E-state index is 5.30. The summed E-state index contributed by atoms with van der Waals surface area (Å²) in [7, 11) is 0. The zero-order valence-corrected chi connectivity index (χ0v) is 6.97. The van der Waals surface area contributed by atoms with Crippen molar-refractivity contribution in [3.63, 3.8) is 0 Å². The lowest BCUT2D eigenvalue weighted by atomic mass is 10.4. The minimum atomic E-state index is 0.949. The molecule has 0 radical (unpaired) electrons. The highest BCUT2D eigenvalue weighted by molar-refractivity contribution is 7.98. The monoisotopic (exact) mass is 160 g/mol. The summed E-state index contributed by atoms with van der Waals surface area (Å²) >= 11 is 2.85. The van der Waals surface area contributed by atoms with E-state index in [9.17, 15) is 0 Å². The van der Waals surface area contributed by atoms with Gasteiger partial charge in [-0.05, 0) is 25.8 Å². The van der Waals surface area contributed by atoms with Crippen LogP contribution in [0.25, 0.3) is 0 Å². The van der Waals surface area contributed by atoms with Crippen LogP contribution in [0.4, 0.5) is 0 Å². The molecule has 50 valence electrons. The molecule has 0 aliphatic rings. The number of aryl methyl sites for hydroxylation is 2. The Kier molecular flexibility index (Phi) is 2.10. The van der Waals surface area contributed by atoms with E-state index < -0.39 is 0 Å². The number of aromatic nitrogens is 1. The molecule has 0 aliphatic carbocycles. The molecule has 0 amide bonds. The molecule has 0 aliphatic heterocycles. The van der Waals surface area contributed by atoms with Crippen molar-refractivity contribution in [1.82, 2.24) is 4.98 Å². The van der Waals surface area contributed by atoms with Gasteiger partial charge in [0.1, 0.15) is 0 Å². The highest BCUT2D eigenvalue weighted by Gasteiger charge is 2.00. The number of hydrogen-bond acceptors (Lipinski definition) is 4. The molecule has 1 aromatic heterocycles. The molecule has 1 rings (SSSR count). The Hall–Kier alpha value is -0.0600. The van der Waals surface area contributed by atoms with E-state index in [0.717, 1.165) is 10.0 Å². The van der Waals surface area contributed by atoms with Crippen molar-refractivity contribution in [3.8, 4) is 0 Å². The first-order valence-corrected chi connectivity index (χ1v) is 4.24. The lowest BCUT2D eigenvalue weighted by Crippen LogP contribution is -1.77. The van der Waals surface area contributed by atoms with Gasteiger partial charge in [-0.1, -0.05) is 0 Å². The maximum Gasteiger partial charge on any atom is 0.165 e. The third-order valence-electron chi connectivity index (χ3n) is 1.11. The van der Waals surface area contributed by atoms with Crippen LogP contribution in [0.2, 0.25) is 0 Å². The van der Waals surface area contributed by atoms with E-state index in [4.69, 9.17) is 5.14 Å². The van der Waals surface area contributed by atoms with Crippen LogP contribution >= 0.6 is 23.3 Å². The van der Waals surface area contributed by atoms with Gasteiger partial charge in [0, 0.05) is 4.88 Å². The minimum absolute atomic E-state index is 0.949. The summed E-state index contributed by atoms with van der Waals surface area (Å²) in [6, 6.07) is 0. The summed E-state index contributed by atoms with van der Waals surface area (Å²) in [5.74, 6) is 0. The lowest BCUT2D eigenvalue weighted by Gasteiger charge is -1.79. The molecular weight excluding hydrogens is 152 g/mol. The van der Waals surface area contributed by atoms with Gasteiger partial charge in [-0.3, -0.25) is 5.14 Å². The third kappa shape index (κ3) is 1.44. The van der Waals surface area contributed by atoms with Gasteiger partial charge in [-0.25, -0.2) is 4.98 Å². The number of rotatable bonds is 1. The third-order valence-corrected chi connectivity index (χ3v) is 2.81. The largest absolute Gasteiger partial charge is 0.272 e. The molecule has 2 N–H and O–H groups in total. The second kappa shape index (κ2) is 2.68. The van der Waals surface area contributed by atoms with E-state index in [1.165, 1.54) is 16.8 Å². The van der Waals surface area contributed by atoms with Crippen molar-refractivity contribution in [2.75, 3.05) is 0 Å². The van der Waals surface area contributed by atoms with Crippen LogP contribution in [0, 0.1) is 13.8 Å². The quantitative estimate of drug-likeness (QED) is 0.636. The van der Waals surface area contributed by atoms with Crippen molar-refractivity contribution in [2.45, 2.75) is 18.2 Å². The molecule has 1 aromatic rings. The van der Waals surface area contributed by atoms with Gasteiger partial charge in [0.2, 0.25) is 0 Å². The van der Waals surface area contributed by atoms with Gasteiger partial charge in [0.15, 0.2) is 4.34 Å². The molecule has 2 nitrogen and oxygen atoms in total. The molecule has 0 spiro atoms. The molecule has 9 heavy (non-hydrogen) atoms. The standard InChI is InChI=1S/C5H8N2S2/c1-3-4(2)8-5(7-3)9-6/h6H2,1-2H3. The molecule has 0 fully saturated rings. The zero-order chi connectivity index (χ0) is 6.85. The molecule has 1 heterocycles. The Morgan fingerprint density at radius 3 is 2.44 bits per heavy atom. The predicted octanol–water partition coefficient (Wildman–Crippen LogP) is 1.73. The molecule has 0 aromatic carbocycles. The SMILES string of the molecule is Cc1nc(SN)sc1C. The van der Waals surface area contributed by atoms with Crippen LogP contribution in [0.1, 0.15) is 10.6 Å². The molecule has 0 saturated carbocycles. The normalized spacial score (nSPS) is 10.1. The van der Waals surface area contributed by atoms with Crippen LogP contribution in [-0.4, -0.2) is 4.98 Å². The summed E-state index contributed by atoms with van der Waals surface area (Å²) in [6.45, 7) is 4.04. The fraction of sp³-hybridized carbons (Fsp3) is 0.400. The molecule has 0 unspecified atom stereocenters. The van der Waals surface area contributed by atoms with Crippen molar-refractivity contribution in [1.29, 1.82) is 0 Å². The van der Waals surface area contributed by atoms with Gasteiger partial charge < -0.3 is 0 Å². The lowest BCUT2D eigenvalue weighted by molar-refractivity contribution is 1.14. The van der Waals surface area contributed by atoms with E-state index >= 15 is 0 Å². The average Bonchev–Trinajstić information content (AvgIpc) is 2.13. The fourth-order valence-corrected chi connectivity index (χ4v) is 1.89. The smallest absolute Gasteiger partial charge is 0.165 e. The summed E-state index contributed by atoms with van der Waals surface area (Å²) in [5, 5.41) is 5.30. The van der Waals surface area contributed by atoms with Crippen molar-refractivity contribution in [3.05, 3.63) is 10.6 Å². The van der Waals surface area contributed by atoms with Gasteiger partial charge in [0.05, 0.1) is 5.69 Å². The van der Waals surface area contributed by atoms with E-state index in [1.807, 2.05) is 13.8 Å². The first-order chi connectivity index (χ1) is 4.24. The summed E-state index contributed by atoms with van der Waals surface area (Å²) in [4.78, 5) is 5.44. The molecule has 0 bridgehead atoms. The van der Waals surface area contributed by atoms with E-state index in [2.05, 4.69) is 4.98 Å².